The summed E-state index contributed by atoms with van der Waals surface area (Å²) >= 11 is 0. The molecule has 2 amide bonds. The molecule has 6 heteroatoms. The molecule has 1 aliphatic heterocycles. The highest BCUT2D eigenvalue weighted by Gasteiger charge is 2.31. The van der Waals surface area contributed by atoms with Crippen molar-refractivity contribution in [3.8, 4) is 0 Å². The molecule has 2 fully saturated rings. The number of amides is 2. The molecule has 1 saturated carbocycles. The first-order chi connectivity index (χ1) is 9.60. The van der Waals surface area contributed by atoms with Crippen LogP contribution in [0.5, 0.6) is 0 Å². The Morgan fingerprint density at radius 1 is 1.35 bits per heavy atom. The summed E-state index contributed by atoms with van der Waals surface area (Å²) in [6, 6.07) is -0.110. The Bertz CT molecular complexity index is 355. The topological polar surface area (TPSA) is 78.9 Å². The number of nitrogens with zero attached hydrogens (tertiary/aromatic N) is 1. The maximum absolute atomic E-state index is 12.2. The summed E-state index contributed by atoms with van der Waals surface area (Å²) in [5.41, 5.74) is 0. The van der Waals surface area contributed by atoms with Crippen molar-refractivity contribution in [1.29, 1.82) is 0 Å². The molecule has 1 heterocycles. The average Bonchev–Trinajstić information content (AvgIpc) is 3.06. The number of aliphatic carboxylic acids is 1. The zero-order valence-electron chi connectivity index (χ0n) is 12.0. The molecule has 0 aromatic rings. The second-order valence-electron chi connectivity index (χ2n) is 5.67. The van der Waals surface area contributed by atoms with Crippen LogP contribution < -0.4 is 5.32 Å². The summed E-state index contributed by atoms with van der Waals surface area (Å²) in [4.78, 5) is 24.9. The van der Waals surface area contributed by atoms with Gasteiger partial charge in [-0.05, 0) is 39.0 Å². The fraction of sp³-hybridized carbons (Fsp3) is 0.857. The van der Waals surface area contributed by atoms with E-state index in [9.17, 15) is 9.59 Å². The predicted octanol–water partition coefficient (Wildman–Crippen LogP) is 1.45. The smallest absolute Gasteiger partial charge is 0.317 e. The number of hydrogen-bond acceptors (Lipinski definition) is 3. The van der Waals surface area contributed by atoms with Crippen LogP contribution >= 0.6 is 0 Å². The molecule has 1 aliphatic carbocycles. The zero-order chi connectivity index (χ0) is 14.5. The highest BCUT2D eigenvalue weighted by Crippen LogP contribution is 2.25. The third-order valence-corrected chi connectivity index (χ3v) is 4.23. The Morgan fingerprint density at radius 3 is 2.70 bits per heavy atom. The van der Waals surface area contributed by atoms with E-state index in [1.807, 2.05) is 6.92 Å². The van der Waals surface area contributed by atoms with Gasteiger partial charge in [0.2, 0.25) is 0 Å². The van der Waals surface area contributed by atoms with Crippen LogP contribution in [0.25, 0.3) is 0 Å². The van der Waals surface area contributed by atoms with Gasteiger partial charge in [-0.25, -0.2) is 4.79 Å². The first-order valence-corrected chi connectivity index (χ1v) is 7.50. The molecular weight excluding hydrogens is 260 g/mol. The molecule has 1 unspecified atom stereocenters. The standard InChI is InChI=1S/C14H24N2O4/c1-2-16(9-12-4-3-7-20-12)14(19)15-11-6-5-10(8-11)13(17)18/h10-12H,2-9H2,1H3,(H,15,19)(H,17,18)/t10-,11+,12?/m1/s1. The highest BCUT2D eigenvalue weighted by atomic mass is 16.5. The Kier molecular flexibility index (Phi) is 5.23. The van der Waals surface area contributed by atoms with Crippen LogP contribution in [0, 0.1) is 5.92 Å². The number of hydrogen-bond donors (Lipinski definition) is 2. The number of carbonyl (C=O) groups excluding carboxylic acids is 1. The number of carbonyl (C=O) groups is 2. The molecule has 114 valence electrons. The van der Waals surface area contributed by atoms with E-state index < -0.39 is 5.97 Å². The Labute approximate surface area is 119 Å². The van der Waals surface area contributed by atoms with Gasteiger partial charge in [-0.3, -0.25) is 4.79 Å². The van der Waals surface area contributed by atoms with E-state index in [0.717, 1.165) is 25.9 Å². The van der Waals surface area contributed by atoms with Crippen LogP contribution in [0.3, 0.4) is 0 Å². The van der Waals surface area contributed by atoms with E-state index in [2.05, 4.69) is 5.32 Å². The predicted molar refractivity (Wildman–Crippen MR) is 73.5 cm³/mol. The van der Waals surface area contributed by atoms with Gasteiger partial charge in [-0.1, -0.05) is 0 Å². The van der Waals surface area contributed by atoms with Crippen molar-refractivity contribution >= 4 is 12.0 Å². The molecule has 0 bridgehead atoms. The molecule has 2 N–H and O–H groups in total. The first-order valence-electron chi connectivity index (χ1n) is 7.50. The van der Waals surface area contributed by atoms with Crippen LogP contribution in [-0.2, 0) is 9.53 Å². The van der Waals surface area contributed by atoms with Crippen molar-refractivity contribution in [3.63, 3.8) is 0 Å². The van der Waals surface area contributed by atoms with Gasteiger partial charge < -0.3 is 20.1 Å². The summed E-state index contributed by atoms with van der Waals surface area (Å²) < 4.78 is 5.55. The maximum Gasteiger partial charge on any atom is 0.317 e. The molecule has 2 aliphatic rings. The van der Waals surface area contributed by atoms with Gasteiger partial charge in [-0.15, -0.1) is 0 Å². The van der Waals surface area contributed by atoms with Crippen LogP contribution in [0.2, 0.25) is 0 Å². The van der Waals surface area contributed by atoms with E-state index >= 15 is 0 Å². The fourth-order valence-electron chi connectivity index (χ4n) is 2.99. The molecule has 1 saturated heterocycles. The lowest BCUT2D eigenvalue weighted by atomic mass is 10.1. The Morgan fingerprint density at radius 2 is 2.15 bits per heavy atom. The SMILES string of the molecule is CCN(CC1CCCO1)C(=O)N[C@H]1CC[C@@H](C(=O)O)C1. The van der Waals surface area contributed by atoms with E-state index in [4.69, 9.17) is 9.84 Å². The largest absolute Gasteiger partial charge is 0.481 e. The number of carboxylic acids is 1. The summed E-state index contributed by atoms with van der Waals surface area (Å²) in [7, 11) is 0. The minimum absolute atomic E-state index is 0.0119. The zero-order valence-corrected chi connectivity index (χ0v) is 12.0. The summed E-state index contributed by atoms with van der Waals surface area (Å²) in [5, 5.41) is 11.9. The maximum atomic E-state index is 12.2. The van der Waals surface area contributed by atoms with Gasteiger partial charge in [0.05, 0.1) is 12.0 Å². The third kappa shape index (κ3) is 3.85. The van der Waals surface area contributed by atoms with Crippen molar-refractivity contribution in [1.82, 2.24) is 10.2 Å². The molecule has 3 atom stereocenters. The summed E-state index contributed by atoms with van der Waals surface area (Å²) in [6.45, 7) is 3.99. The third-order valence-electron chi connectivity index (χ3n) is 4.23. The van der Waals surface area contributed by atoms with Crippen LogP contribution in [0.15, 0.2) is 0 Å². The first kappa shape index (κ1) is 15.1. The molecule has 2 rings (SSSR count). The van der Waals surface area contributed by atoms with Crippen molar-refractivity contribution in [2.75, 3.05) is 19.7 Å². The van der Waals surface area contributed by atoms with Gasteiger partial charge >= 0.3 is 12.0 Å². The van der Waals surface area contributed by atoms with Gasteiger partial charge in [0.1, 0.15) is 0 Å². The van der Waals surface area contributed by atoms with Crippen molar-refractivity contribution in [3.05, 3.63) is 0 Å². The number of carboxylic acid groups (broad SMARTS) is 1. The van der Waals surface area contributed by atoms with E-state index in [1.54, 1.807) is 4.90 Å². The van der Waals surface area contributed by atoms with Crippen molar-refractivity contribution < 1.29 is 19.4 Å². The van der Waals surface area contributed by atoms with Crippen molar-refractivity contribution in [2.45, 2.75) is 51.2 Å². The van der Waals surface area contributed by atoms with Crippen LogP contribution in [0.4, 0.5) is 4.79 Å². The average molecular weight is 284 g/mol. The molecular formula is C14H24N2O4. The Hall–Kier alpha value is -1.30. The number of urea groups is 1. The van der Waals surface area contributed by atoms with Gasteiger partial charge in [0, 0.05) is 25.7 Å². The molecule has 0 aromatic carbocycles. The van der Waals surface area contributed by atoms with Gasteiger partial charge in [0.15, 0.2) is 0 Å². The number of nitrogens with one attached hydrogen (secondary N) is 1. The molecule has 0 radical (unpaired) electrons. The number of likely N-dealkylation sites (N-methyl/N-ethyl adjacent to an activating group) is 1. The second-order valence-corrected chi connectivity index (χ2v) is 5.67. The molecule has 0 aromatic heterocycles. The molecule has 20 heavy (non-hydrogen) atoms. The normalized spacial score (nSPS) is 29.4. The molecule has 6 nitrogen and oxygen atoms in total. The summed E-state index contributed by atoms with van der Waals surface area (Å²) in [5.74, 6) is -1.07. The lowest BCUT2D eigenvalue weighted by Gasteiger charge is -2.26. The lowest BCUT2D eigenvalue weighted by molar-refractivity contribution is -0.141. The second kappa shape index (κ2) is 6.92. The number of rotatable bonds is 5. The van der Waals surface area contributed by atoms with Crippen LogP contribution in [0.1, 0.15) is 39.0 Å². The Balaban J connectivity index is 1.78. The monoisotopic (exact) mass is 284 g/mol. The molecule has 0 spiro atoms. The van der Waals surface area contributed by atoms with Crippen molar-refractivity contribution in [2.24, 2.45) is 5.92 Å². The van der Waals surface area contributed by atoms with E-state index in [0.29, 0.717) is 25.9 Å². The quantitative estimate of drug-likeness (QED) is 0.801. The van der Waals surface area contributed by atoms with Gasteiger partial charge in [-0.2, -0.15) is 0 Å². The lowest BCUT2D eigenvalue weighted by Crippen LogP contribution is -2.46. The number of ether oxygens (including phenoxy) is 1. The minimum atomic E-state index is -0.756. The summed E-state index contributed by atoms with van der Waals surface area (Å²) in [6.07, 6.45) is 4.16. The van der Waals surface area contributed by atoms with E-state index in [1.165, 1.54) is 0 Å². The van der Waals surface area contributed by atoms with E-state index in [-0.39, 0.29) is 24.1 Å². The van der Waals surface area contributed by atoms with Crippen LogP contribution in [-0.4, -0.2) is 53.8 Å². The fourth-order valence-corrected chi connectivity index (χ4v) is 2.99. The highest BCUT2D eigenvalue weighted by molar-refractivity contribution is 5.75. The minimum Gasteiger partial charge on any atom is -0.481 e. The van der Waals surface area contributed by atoms with Gasteiger partial charge in [0.25, 0.3) is 0 Å².